The summed E-state index contributed by atoms with van der Waals surface area (Å²) in [7, 11) is 0. The fourth-order valence-electron chi connectivity index (χ4n) is 0.829. The molecule has 0 spiro atoms. The highest BCUT2D eigenvalue weighted by Crippen LogP contribution is 1.88. The first kappa shape index (κ1) is 10.3. The summed E-state index contributed by atoms with van der Waals surface area (Å²) in [6.07, 6.45) is 11.5. The van der Waals surface area contributed by atoms with E-state index in [1.165, 1.54) is 0 Å². The Labute approximate surface area is 69.9 Å². The third-order valence-electron chi connectivity index (χ3n) is 1.55. The summed E-state index contributed by atoms with van der Waals surface area (Å²) in [4.78, 5) is 0. The fraction of sp³-hybridized carbons (Fsp3) is 0.600. The highest BCUT2D eigenvalue weighted by molar-refractivity contribution is 4.98. The molecule has 0 aliphatic heterocycles. The molecule has 1 heteroatoms. The highest BCUT2D eigenvalue weighted by atomic mass is 14.9. The van der Waals surface area contributed by atoms with Crippen molar-refractivity contribution in [1.29, 1.82) is 0 Å². The molecule has 0 radical (unpaired) electrons. The zero-order valence-corrected chi connectivity index (χ0v) is 7.43. The van der Waals surface area contributed by atoms with Crippen molar-refractivity contribution in [2.24, 2.45) is 0 Å². The molecule has 0 saturated heterocycles. The fourth-order valence-corrected chi connectivity index (χ4v) is 0.829. The number of terminal acetylenes is 1. The van der Waals surface area contributed by atoms with Crippen LogP contribution < -0.4 is 5.32 Å². The second kappa shape index (κ2) is 7.37. The molecular weight excluding hydrogens is 134 g/mol. The molecule has 0 bridgehead atoms. The Morgan fingerprint density at radius 1 is 1.64 bits per heavy atom. The Morgan fingerprint density at radius 2 is 2.36 bits per heavy atom. The average molecular weight is 151 g/mol. The van der Waals surface area contributed by atoms with Crippen LogP contribution in [0.1, 0.15) is 26.7 Å². The van der Waals surface area contributed by atoms with E-state index in [1.807, 2.05) is 6.92 Å². The van der Waals surface area contributed by atoms with E-state index < -0.39 is 0 Å². The summed E-state index contributed by atoms with van der Waals surface area (Å²) in [5.41, 5.74) is 0. The van der Waals surface area contributed by atoms with Gasteiger partial charge in [-0.2, -0.15) is 0 Å². The van der Waals surface area contributed by atoms with Gasteiger partial charge in [-0.15, -0.1) is 6.42 Å². The van der Waals surface area contributed by atoms with E-state index in [4.69, 9.17) is 6.42 Å². The molecule has 11 heavy (non-hydrogen) atoms. The summed E-state index contributed by atoms with van der Waals surface area (Å²) in [5, 5.41) is 3.27. The first-order valence-electron chi connectivity index (χ1n) is 4.15. The third kappa shape index (κ3) is 5.69. The van der Waals surface area contributed by atoms with Gasteiger partial charge in [0.1, 0.15) is 0 Å². The third-order valence-corrected chi connectivity index (χ3v) is 1.55. The lowest BCUT2D eigenvalue weighted by atomic mass is 10.2. The van der Waals surface area contributed by atoms with Gasteiger partial charge < -0.3 is 5.32 Å². The molecule has 0 fully saturated rings. The smallest absolute Gasteiger partial charge is 0.0684 e. The van der Waals surface area contributed by atoms with Crippen LogP contribution in [0.2, 0.25) is 0 Å². The van der Waals surface area contributed by atoms with Gasteiger partial charge in [-0.3, -0.25) is 0 Å². The van der Waals surface area contributed by atoms with Gasteiger partial charge in [0.25, 0.3) is 0 Å². The van der Waals surface area contributed by atoms with Crippen LogP contribution in [0.15, 0.2) is 12.2 Å². The second-order valence-corrected chi connectivity index (χ2v) is 2.44. The van der Waals surface area contributed by atoms with Gasteiger partial charge in [0, 0.05) is 0 Å². The van der Waals surface area contributed by atoms with Gasteiger partial charge in [-0.05, 0) is 26.3 Å². The maximum atomic E-state index is 5.27. The summed E-state index contributed by atoms with van der Waals surface area (Å²) in [6, 6.07) is 0.250. The van der Waals surface area contributed by atoms with Crippen molar-refractivity contribution >= 4 is 0 Å². The quantitative estimate of drug-likeness (QED) is 0.360. The number of hydrogen-bond donors (Lipinski definition) is 1. The van der Waals surface area contributed by atoms with E-state index in [1.54, 1.807) is 0 Å². The minimum atomic E-state index is 0.250. The molecule has 1 atom stereocenters. The Hall–Kier alpha value is -0.740. The molecule has 0 aromatic rings. The molecule has 1 unspecified atom stereocenters. The molecule has 1 N–H and O–H groups in total. The van der Waals surface area contributed by atoms with Gasteiger partial charge in [0.05, 0.1) is 6.04 Å². The summed E-state index contributed by atoms with van der Waals surface area (Å²) in [5.74, 6) is 2.69. The summed E-state index contributed by atoms with van der Waals surface area (Å²) >= 11 is 0. The predicted octanol–water partition coefficient (Wildman–Crippen LogP) is 1.95. The summed E-state index contributed by atoms with van der Waals surface area (Å²) < 4.78 is 0. The SMILES string of the molecule is C#CC(CC)NCC/C=C/C. The lowest BCUT2D eigenvalue weighted by molar-refractivity contribution is 0.598. The Kier molecular flexibility index (Phi) is 6.87. The highest BCUT2D eigenvalue weighted by Gasteiger charge is 1.96. The number of rotatable bonds is 5. The summed E-state index contributed by atoms with van der Waals surface area (Å²) in [6.45, 7) is 5.10. The van der Waals surface area contributed by atoms with Crippen molar-refractivity contribution < 1.29 is 0 Å². The van der Waals surface area contributed by atoms with Crippen molar-refractivity contribution in [3.8, 4) is 12.3 Å². The van der Waals surface area contributed by atoms with E-state index in [2.05, 4.69) is 30.3 Å². The largest absolute Gasteiger partial charge is 0.303 e. The molecule has 0 amide bonds. The van der Waals surface area contributed by atoms with Gasteiger partial charge in [-0.1, -0.05) is 25.0 Å². The van der Waals surface area contributed by atoms with E-state index in [0.29, 0.717) is 0 Å². The maximum absolute atomic E-state index is 5.27. The van der Waals surface area contributed by atoms with Crippen molar-refractivity contribution in [3.05, 3.63) is 12.2 Å². The zero-order valence-electron chi connectivity index (χ0n) is 7.43. The molecular formula is C10H17N. The molecule has 0 aliphatic carbocycles. The van der Waals surface area contributed by atoms with Gasteiger partial charge >= 0.3 is 0 Å². The molecule has 0 aromatic carbocycles. The normalized spacial score (nSPS) is 13.2. The topological polar surface area (TPSA) is 12.0 Å². The zero-order chi connectivity index (χ0) is 8.53. The maximum Gasteiger partial charge on any atom is 0.0684 e. The first-order chi connectivity index (χ1) is 5.35. The van der Waals surface area contributed by atoms with Crippen LogP contribution >= 0.6 is 0 Å². The van der Waals surface area contributed by atoms with E-state index in [9.17, 15) is 0 Å². The van der Waals surface area contributed by atoms with Crippen molar-refractivity contribution in [2.75, 3.05) is 6.54 Å². The van der Waals surface area contributed by atoms with Crippen molar-refractivity contribution in [1.82, 2.24) is 5.32 Å². The van der Waals surface area contributed by atoms with Crippen LogP contribution in [-0.4, -0.2) is 12.6 Å². The Morgan fingerprint density at radius 3 is 2.82 bits per heavy atom. The molecule has 0 saturated carbocycles. The molecule has 0 aliphatic rings. The van der Waals surface area contributed by atoms with Crippen molar-refractivity contribution in [3.63, 3.8) is 0 Å². The van der Waals surface area contributed by atoms with E-state index >= 15 is 0 Å². The van der Waals surface area contributed by atoms with Gasteiger partial charge in [0.2, 0.25) is 0 Å². The molecule has 0 rings (SSSR count). The first-order valence-corrected chi connectivity index (χ1v) is 4.15. The van der Waals surface area contributed by atoms with Gasteiger partial charge in [0.15, 0.2) is 0 Å². The van der Waals surface area contributed by atoms with Crippen molar-refractivity contribution in [2.45, 2.75) is 32.7 Å². The predicted molar refractivity (Wildman–Crippen MR) is 50.3 cm³/mol. The Bertz CT molecular complexity index is 141. The second-order valence-electron chi connectivity index (χ2n) is 2.44. The lowest BCUT2D eigenvalue weighted by Crippen LogP contribution is -2.27. The number of nitrogens with one attached hydrogen (secondary N) is 1. The Balaban J connectivity index is 3.30. The number of hydrogen-bond acceptors (Lipinski definition) is 1. The molecule has 1 nitrogen and oxygen atoms in total. The minimum Gasteiger partial charge on any atom is -0.303 e. The monoisotopic (exact) mass is 151 g/mol. The van der Waals surface area contributed by atoms with Crippen LogP contribution in [0.25, 0.3) is 0 Å². The minimum absolute atomic E-state index is 0.250. The van der Waals surface area contributed by atoms with Gasteiger partial charge in [-0.25, -0.2) is 0 Å². The molecule has 62 valence electrons. The molecule has 0 heterocycles. The van der Waals surface area contributed by atoms with E-state index in [-0.39, 0.29) is 6.04 Å². The lowest BCUT2D eigenvalue weighted by Gasteiger charge is -2.08. The van der Waals surface area contributed by atoms with Crippen LogP contribution in [0, 0.1) is 12.3 Å². The average Bonchev–Trinajstić information content (AvgIpc) is 2.05. The van der Waals surface area contributed by atoms with Crippen LogP contribution in [0.4, 0.5) is 0 Å². The molecule has 0 aromatic heterocycles. The van der Waals surface area contributed by atoms with Crippen LogP contribution in [-0.2, 0) is 0 Å². The number of allylic oxidation sites excluding steroid dienone is 1. The standard InChI is InChI=1S/C10H17N/c1-4-7-8-9-11-10(5-2)6-3/h2,4,7,10-11H,6,8-9H2,1,3H3/b7-4+. The van der Waals surface area contributed by atoms with Crippen LogP contribution in [0.3, 0.4) is 0 Å². The van der Waals surface area contributed by atoms with Crippen LogP contribution in [0.5, 0.6) is 0 Å². The van der Waals surface area contributed by atoms with E-state index in [0.717, 1.165) is 19.4 Å².